The van der Waals surface area contributed by atoms with Gasteiger partial charge in [-0.25, -0.2) is 0 Å². The lowest BCUT2D eigenvalue weighted by Crippen LogP contribution is -2.33. The van der Waals surface area contributed by atoms with Crippen LogP contribution in [0.2, 0.25) is 0 Å². The van der Waals surface area contributed by atoms with Crippen molar-refractivity contribution < 1.29 is 4.79 Å². The fourth-order valence-corrected chi connectivity index (χ4v) is 1.94. The zero-order valence-corrected chi connectivity index (χ0v) is 11.4. The normalized spacial score (nSPS) is 12.2. The average molecular weight is 248 g/mol. The molecule has 1 unspecified atom stereocenters. The first-order valence-electron chi connectivity index (χ1n) is 6.77. The van der Waals surface area contributed by atoms with Crippen LogP contribution in [0.25, 0.3) is 0 Å². The van der Waals surface area contributed by atoms with Crippen molar-refractivity contribution in [3.8, 4) is 0 Å². The highest BCUT2D eigenvalue weighted by Gasteiger charge is 2.16. The Balaban J connectivity index is 2.52. The number of carbonyl (C=O) groups excluding carboxylic acids is 1. The van der Waals surface area contributed by atoms with Crippen LogP contribution in [0, 0.1) is 0 Å². The van der Waals surface area contributed by atoms with Gasteiger partial charge in [-0.15, -0.1) is 0 Å². The van der Waals surface area contributed by atoms with Crippen molar-refractivity contribution >= 4 is 5.91 Å². The summed E-state index contributed by atoms with van der Waals surface area (Å²) in [7, 11) is 0. The molecule has 0 heterocycles. The smallest absolute Gasteiger partial charge is 0.224 e. The fraction of sp³-hybridized carbons (Fsp3) is 0.533. The SMILES string of the molecule is CCCCN(CC)C(=O)CC(N)c1ccccc1. The molecule has 0 bridgehead atoms. The van der Waals surface area contributed by atoms with E-state index in [1.165, 1.54) is 0 Å². The Morgan fingerprint density at radius 1 is 1.28 bits per heavy atom. The number of nitrogens with zero attached hydrogens (tertiary/aromatic N) is 1. The van der Waals surface area contributed by atoms with E-state index in [1.807, 2.05) is 42.2 Å². The molecule has 0 fully saturated rings. The second-order valence-electron chi connectivity index (χ2n) is 4.55. The summed E-state index contributed by atoms with van der Waals surface area (Å²) in [6.45, 7) is 5.75. The largest absolute Gasteiger partial charge is 0.343 e. The highest BCUT2D eigenvalue weighted by Crippen LogP contribution is 2.14. The maximum Gasteiger partial charge on any atom is 0.224 e. The van der Waals surface area contributed by atoms with Crippen LogP contribution >= 0.6 is 0 Å². The van der Waals surface area contributed by atoms with Crippen molar-refractivity contribution in [1.82, 2.24) is 4.90 Å². The van der Waals surface area contributed by atoms with Gasteiger partial charge in [0.1, 0.15) is 0 Å². The van der Waals surface area contributed by atoms with Crippen molar-refractivity contribution in [1.29, 1.82) is 0 Å². The number of amides is 1. The van der Waals surface area contributed by atoms with Gasteiger partial charge in [0.05, 0.1) is 0 Å². The van der Waals surface area contributed by atoms with Crippen molar-refractivity contribution in [2.75, 3.05) is 13.1 Å². The van der Waals surface area contributed by atoms with Crippen LogP contribution in [-0.2, 0) is 4.79 Å². The summed E-state index contributed by atoms with van der Waals surface area (Å²) >= 11 is 0. The summed E-state index contributed by atoms with van der Waals surface area (Å²) in [6.07, 6.45) is 2.55. The second kappa shape index (κ2) is 7.88. The third kappa shape index (κ3) is 4.49. The maximum atomic E-state index is 12.1. The Labute approximate surface area is 110 Å². The molecule has 0 aliphatic rings. The fourth-order valence-electron chi connectivity index (χ4n) is 1.94. The molecule has 1 atom stereocenters. The van der Waals surface area contributed by atoms with Gasteiger partial charge >= 0.3 is 0 Å². The maximum absolute atomic E-state index is 12.1. The lowest BCUT2D eigenvalue weighted by Gasteiger charge is -2.22. The molecule has 1 amide bonds. The van der Waals surface area contributed by atoms with E-state index in [0.717, 1.165) is 31.5 Å². The Morgan fingerprint density at radius 2 is 1.94 bits per heavy atom. The summed E-state index contributed by atoms with van der Waals surface area (Å²) in [6, 6.07) is 9.61. The highest BCUT2D eigenvalue weighted by atomic mass is 16.2. The Bertz CT molecular complexity index is 351. The molecule has 0 saturated heterocycles. The Kier molecular flexibility index (Phi) is 6.44. The number of unbranched alkanes of at least 4 members (excludes halogenated alkanes) is 1. The number of hydrogen-bond donors (Lipinski definition) is 1. The third-order valence-corrected chi connectivity index (χ3v) is 3.14. The molecule has 0 aliphatic carbocycles. The zero-order chi connectivity index (χ0) is 13.4. The average Bonchev–Trinajstić information content (AvgIpc) is 2.40. The molecule has 0 spiro atoms. The lowest BCUT2D eigenvalue weighted by atomic mass is 10.0. The van der Waals surface area contributed by atoms with Gasteiger partial charge in [0.15, 0.2) is 0 Å². The molecule has 0 aromatic heterocycles. The van der Waals surface area contributed by atoms with E-state index in [4.69, 9.17) is 5.73 Å². The molecule has 1 rings (SSSR count). The first kappa shape index (κ1) is 14.7. The highest BCUT2D eigenvalue weighted by molar-refractivity contribution is 5.77. The van der Waals surface area contributed by atoms with Gasteiger partial charge in [-0.3, -0.25) is 4.79 Å². The third-order valence-electron chi connectivity index (χ3n) is 3.14. The minimum atomic E-state index is -0.200. The summed E-state index contributed by atoms with van der Waals surface area (Å²) in [5.41, 5.74) is 7.09. The van der Waals surface area contributed by atoms with Crippen molar-refractivity contribution in [3.63, 3.8) is 0 Å². The second-order valence-corrected chi connectivity index (χ2v) is 4.55. The number of rotatable bonds is 7. The minimum absolute atomic E-state index is 0.155. The molecular weight excluding hydrogens is 224 g/mol. The number of benzene rings is 1. The molecule has 0 aliphatic heterocycles. The van der Waals surface area contributed by atoms with E-state index in [2.05, 4.69) is 6.92 Å². The van der Waals surface area contributed by atoms with Gasteiger partial charge in [-0.05, 0) is 18.9 Å². The summed E-state index contributed by atoms with van der Waals surface area (Å²) in [4.78, 5) is 14.0. The van der Waals surface area contributed by atoms with Gasteiger partial charge < -0.3 is 10.6 Å². The minimum Gasteiger partial charge on any atom is -0.343 e. The summed E-state index contributed by atoms with van der Waals surface area (Å²) < 4.78 is 0. The van der Waals surface area contributed by atoms with Gasteiger partial charge in [0.2, 0.25) is 5.91 Å². The molecule has 0 saturated carbocycles. The number of hydrogen-bond acceptors (Lipinski definition) is 2. The molecule has 2 N–H and O–H groups in total. The molecule has 3 nitrogen and oxygen atoms in total. The predicted molar refractivity (Wildman–Crippen MR) is 75.1 cm³/mol. The van der Waals surface area contributed by atoms with E-state index in [0.29, 0.717) is 6.42 Å². The van der Waals surface area contributed by atoms with Crippen LogP contribution in [0.1, 0.15) is 44.7 Å². The Morgan fingerprint density at radius 3 is 2.50 bits per heavy atom. The number of carbonyl (C=O) groups is 1. The van der Waals surface area contributed by atoms with E-state index < -0.39 is 0 Å². The van der Waals surface area contributed by atoms with Crippen LogP contribution in [0.4, 0.5) is 0 Å². The standard InChI is InChI=1S/C15H24N2O/c1-3-5-11-17(4-2)15(18)12-14(16)13-9-7-6-8-10-13/h6-10,14H,3-5,11-12,16H2,1-2H3. The summed E-state index contributed by atoms with van der Waals surface area (Å²) in [5.74, 6) is 0.155. The Hall–Kier alpha value is -1.35. The van der Waals surface area contributed by atoms with Crippen LogP contribution in [0.3, 0.4) is 0 Å². The van der Waals surface area contributed by atoms with E-state index in [-0.39, 0.29) is 11.9 Å². The topological polar surface area (TPSA) is 46.3 Å². The predicted octanol–water partition coefficient (Wildman–Crippen LogP) is 2.73. The lowest BCUT2D eigenvalue weighted by molar-refractivity contribution is -0.131. The first-order valence-corrected chi connectivity index (χ1v) is 6.77. The van der Waals surface area contributed by atoms with Crippen LogP contribution in [0.5, 0.6) is 0 Å². The van der Waals surface area contributed by atoms with E-state index >= 15 is 0 Å². The van der Waals surface area contributed by atoms with Gasteiger partial charge in [-0.2, -0.15) is 0 Å². The number of nitrogens with two attached hydrogens (primary N) is 1. The first-order chi connectivity index (χ1) is 8.69. The van der Waals surface area contributed by atoms with Crippen molar-refractivity contribution in [3.05, 3.63) is 35.9 Å². The monoisotopic (exact) mass is 248 g/mol. The van der Waals surface area contributed by atoms with Gasteiger partial charge in [0, 0.05) is 25.6 Å². The van der Waals surface area contributed by atoms with E-state index in [9.17, 15) is 4.79 Å². The molecule has 3 heteroatoms. The van der Waals surface area contributed by atoms with Crippen LogP contribution in [-0.4, -0.2) is 23.9 Å². The van der Waals surface area contributed by atoms with E-state index in [1.54, 1.807) is 0 Å². The quantitative estimate of drug-likeness (QED) is 0.806. The molecule has 1 aromatic rings. The zero-order valence-electron chi connectivity index (χ0n) is 11.4. The van der Waals surface area contributed by atoms with Crippen LogP contribution in [0.15, 0.2) is 30.3 Å². The molecular formula is C15H24N2O. The van der Waals surface area contributed by atoms with Crippen LogP contribution < -0.4 is 5.73 Å². The molecule has 18 heavy (non-hydrogen) atoms. The molecule has 0 radical (unpaired) electrons. The molecule has 100 valence electrons. The van der Waals surface area contributed by atoms with Crippen molar-refractivity contribution in [2.45, 2.75) is 39.2 Å². The van der Waals surface area contributed by atoms with Gasteiger partial charge in [-0.1, -0.05) is 43.7 Å². The molecule has 1 aromatic carbocycles. The van der Waals surface area contributed by atoms with Crippen molar-refractivity contribution in [2.24, 2.45) is 5.73 Å². The summed E-state index contributed by atoms with van der Waals surface area (Å²) in [5, 5.41) is 0. The van der Waals surface area contributed by atoms with Gasteiger partial charge in [0.25, 0.3) is 0 Å².